The van der Waals surface area contributed by atoms with Crippen molar-refractivity contribution < 1.29 is 9.90 Å². The van der Waals surface area contributed by atoms with Crippen LogP contribution in [0.1, 0.15) is 0 Å². The summed E-state index contributed by atoms with van der Waals surface area (Å²) in [5.74, 6) is 1.08. The molecule has 0 spiro atoms. The Morgan fingerprint density at radius 2 is 2.44 bits per heavy atom. The highest BCUT2D eigenvalue weighted by Gasteiger charge is 1.98. The van der Waals surface area contributed by atoms with Crippen LogP contribution in [0, 0.1) is 0 Å². The fourth-order valence-electron chi connectivity index (χ4n) is 0.352. The van der Waals surface area contributed by atoms with Crippen LogP contribution in [-0.2, 0) is 4.79 Å². The Bertz CT molecular complexity index is 115. The van der Waals surface area contributed by atoms with E-state index in [-0.39, 0.29) is 6.47 Å². The van der Waals surface area contributed by atoms with E-state index in [1.165, 1.54) is 0 Å². The van der Waals surface area contributed by atoms with Crippen molar-refractivity contribution in [1.29, 1.82) is 0 Å². The van der Waals surface area contributed by atoms with E-state index in [1.54, 1.807) is 11.8 Å². The van der Waals surface area contributed by atoms with Gasteiger partial charge in [-0.1, -0.05) is 11.8 Å². The van der Waals surface area contributed by atoms with Crippen LogP contribution in [0.25, 0.3) is 0 Å². The molecule has 5 heteroatoms. The van der Waals surface area contributed by atoms with Gasteiger partial charge in [-0.2, -0.15) is 0 Å². The van der Waals surface area contributed by atoms with Gasteiger partial charge in [0.1, 0.15) is 0 Å². The first kappa shape index (κ1) is 8.29. The van der Waals surface area contributed by atoms with Crippen molar-refractivity contribution in [2.45, 2.75) is 0 Å². The SMILES string of the molecule is NC1=NCCS1.O=CO. The molecule has 0 fully saturated rings. The Balaban J connectivity index is 0.000000187. The predicted molar refractivity (Wildman–Crippen MR) is 37.6 cm³/mol. The van der Waals surface area contributed by atoms with E-state index in [0.717, 1.165) is 17.5 Å². The number of rotatable bonds is 0. The summed E-state index contributed by atoms with van der Waals surface area (Å²) in [7, 11) is 0. The number of nitrogens with two attached hydrogens (primary N) is 1. The predicted octanol–water partition coefficient (Wildman–Crippen LogP) is -0.251. The minimum Gasteiger partial charge on any atom is -0.483 e. The number of hydrogen-bond acceptors (Lipinski definition) is 4. The minimum absolute atomic E-state index is 0.250. The lowest BCUT2D eigenvalue weighted by atomic mass is 10.8. The Labute approximate surface area is 57.1 Å². The molecule has 1 heterocycles. The molecule has 1 aliphatic rings. The molecule has 0 atom stereocenters. The summed E-state index contributed by atoms with van der Waals surface area (Å²) in [6.45, 7) is 0.663. The third-order valence-corrected chi connectivity index (χ3v) is 1.42. The zero-order valence-corrected chi connectivity index (χ0v) is 5.60. The average molecular weight is 148 g/mol. The fourth-order valence-corrected chi connectivity index (χ4v) is 0.926. The molecule has 1 aliphatic heterocycles. The van der Waals surface area contributed by atoms with Crippen molar-refractivity contribution in [1.82, 2.24) is 0 Å². The highest BCUT2D eigenvalue weighted by molar-refractivity contribution is 8.14. The van der Waals surface area contributed by atoms with Crippen molar-refractivity contribution in [2.24, 2.45) is 10.7 Å². The van der Waals surface area contributed by atoms with E-state index in [2.05, 4.69) is 4.99 Å². The van der Waals surface area contributed by atoms with Gasteiger partial charge in [0.25, 0.3) is 6.47 Å². The number of hydrogen-bond donors (Lipinski definition) is 2. The zero-order valence-electron chi connectivity index (χ0n) is 4.78. The zero-order chi connectivity index (χ0) is 7.11. The number of nitrogens with zero attached hydrogens (tertiary/aromatic N) is 1. The molecule has 0 bridgehead atoms. The Morgan fingerprint density at radius 1 is 1.89 bits per heavy atom. The van der Waals surface area contributed by atoms with Crippen LogP contribution in [0.2, 0.25) is 0 Å². The van der Waals surface area contributed by atoms with E-state index in [0.29, 0.717) is 0 Å². The fraction of sp³-hybridized carbons (Fsp3) is 0.500. The smallest absolute Gasteiger partial charge is 0.290 e. The number of thioether (sulfide) groups is 1. The van der Waals surface area contributed by atoms with Gasteiger partial charge in [0.05, 0.1) is 6.54 Å². The molecule has 9 heavy (non-hydrogen) atoms. The van der Waals surface area contributed by atoms with E-state index >= 15 is 0 Å². The minimum atomic E-state index is -0.250. The third kappa shape index (κ3) is 5.16. The molecule has 0 unspecified atom stereocenters. The first-order valence-electron chi connectivity index (χ1n) is 2.32. The van der Waals surface area contributed by atoms with E-state index in [9.17, 15) is 0 Å². The summed E-state index contributed by atoms with van der Waals surface area (Å²) in [5, 5.41) is 7.63. The molecule has 1 rings (SSSR count). The lowest BCUT2D eigenvalue weighted by molar-refractivity contribution is -0.122. The van der Waals surface area contributed by atoms with E-state index in [1.807, 2.05) is 0 Å². The van der Waals surface area contributed by atoms with Crippen LogP contribution in [0.15, 0.2) is 4.99 Å². The van der Waals surface area contributed by atoms with Gasteiger partial charge in [0.15, 0.2) is 5.17 Å². The van der Waals surface area contributed by atoms with Gasteiger partial charge in [-0.05, 0) is 0 Å². The summed E-state index contributed by atoms with van der Waals surface area (Å²) in [4.78, 5) is 12.3. The van der Waals surface area contributed by atoms with Crippen molar-refractivity contribution in [3.8, 4) is 0 Å². The van der Waals surface area contributed by atoms with Crippen LogP contribution in [0.5, 0.6) is 0 Å². The van der Waals surface area contributed by atoms with Gasteiger partial charge in [-0.3, -0.25) is 9.79 Å². The van der Waals surface area contributed by atoms with Gasteiger partial charge in [-0.25, -0.2) is 0 Å². The topological polar surface area (TPSA) is 75.7 Å². The van der Waals surface area contributed by atoms with E-state index < -0.39 is 0 Å². The van der Waals surface area contributed by atoms with Gasteiger partial charge in [-0.15, -0.1) is 0 Å². The standard InChI is InChI=1S/C3H6N2S.CH2O2/c4-3-5-1-2-6-3;2-1-3/h1-2H2,(H2,4,5);1H,(H,2,3). The normalized spacial score (nSPS) is 15.3. The molecule has 0 radical (unpaired) electrons. The summed E-state index contributed by atoms with van der Waals surface area (Å²) < 4.78 is 0. The Kier molecular flexibility index (Phi) is 5.00. The molecule has 52 valence electrons. The summed E-state index contributed by atoms with van der Waals surface area (Å²) in [6.07, 6.45) is 0. The number of aliphatic imine (C=N–C) groups is 1. The van der Waals surface area contributed by atoms with Crippen LogP contribution in [-0.4, -0.2) is 29.0 Å². The summed E-state index contributed by atoms with van der Waals surface area (Å²) in [6, 6.07) is 0. The van der Waals surface area contributed by atoms with Crippen LogP contribution in [0.4, 0.5) is 0 Å². The maximum absolute atomic E-state index is 8.36. The van der Waals surface area contributed by atoms with Crippen molar-refractivity contribution >= 4 is 23.4 Å². The molecule has 0 aliphatic carbocycles. The second-order valence-corrected chi connectivity index (χ2v) is 2.29. The molecule has 0 aromatic carbocycles. The molecule has 0 amide bonds. The van der Waals surface area contributed by atoms with Crippen LogP contribution < -0.4 is 5.73 Å². The number of carbonyl (C=O) groups is 1. The molecule has 0 saturated heterocycles. The summed E-state index contributed by atoms with van der Waals surface area (Å²) in [5.41, 5.74) is 5.25. The van der Waals surface area contributed by atoms with Crippen molar-refractivity contribution in [3.63, 3.8) is 0 Å². The summed E-state index contributed by atoms with van der Waals surface area (Å²) >= 11 is 1.62. The quantitative estimate of drug-likeness (QED) is 0.464. The first-order chi connectivity index (χ1) is 4.31. The van der Waals surface area contributed by atoms with Crippen molar-refractivity contribution in [3.05, 3.63) is 0 Å². The van der Waals surface area contributed by atoms with Gasteiger partial charge in [0, 0.05) is 5.75 Å². The highest BCUT2D eigenvalue weighted by atomic mass is 32.2. The molecule has 0 aromatic heterocycles. The van der Waals surface area contributed by atoms with Crippen LogP contribution in [0.3, 0.4) is 0 Å². The monoisotopic (exact) mass is 148 g/mol. The lowest BCUT2D eigenvalue weighted by Gasteiger charge is -1.78. The largest absolute Gasteiger partial charge is 0.483 e. The number of carboxylic acid groups (broad SMARTS) is 1. The molecule has 4 nitrogen and oxygen atoms in total. The average Bonchev–Trinajstić information content (AvgIpc) is 2.20. The van der Waals surface area contributed by atoms with Gasteiger partial charge < -0.3 is 10.8 Å². The Hall–Kier alpha value is -0.710. The lowest BCUT2D eigenvalue weighted by Crippen LogP contribution is -2.00. The molecular formula is C4H8N2O2S. The third-order valence-electron chi connectivity index (χ3n) is 0.609. The maximum atomic E-state index is 8.36. The molecular weight excluding hydrogens is 140 g/mol. The van der Waals surface area contributed by atoms with Gasteiger partial charge in [0.2, 0.25) is 0 Å². The molecule has 0 saturated carbocycles. The highest BCUT2D eigenvalue weighted by Crippen LogP contribution is 2.05. The first-order valence-corrected chi connectivity index (χ1v) is 3.30. The second kappa shape index (κ2) is 5.43. The second-order valence-electron chi connectivity index (χ2n) is 1.17. The van der Waals surface area contributed by atoms with Gasteiger partial charge >= 0.3 is 0 Å². The molecule has 3 N–H and O–H groups in total. The maximum Gasteiger partial charge on any atom is 0.290 e. The number of amidine groups is 1. The van der Waals surface area contributed by atoms with Crippen molar-refractivity contribution in [2.75, 3.05) is 12.3 Å². The Morgan fingerprint density at radius 3 is 2.56 bits per heavy atom. The van der Waals surface area contributed by atoms with E-state index in [4.69, 9.17) is 15.6 Å². The molecule has 0 aromatic rings. The van der Waals surface area contributed by atoms with Crippen LogP contribution >= 0.6 is 11.8 Å².